The third kappa shape index (κ3) is 3.93. The predicted molar refractivity (Wildman–Crippen MR) is 70.6 cm³/mol. The first-order chi connectivity index (χ1) is 8.55. The van der Waals surface area contributed by atoms with Crippen LogP contribution in [0.5, 0.6) is 0 Å². The van der Waals surface area contributed by atoms with Crippen molar-refractivity contribution in [2.24, 2.45) is 0 Å². The molecule has 1 rings (SSSR count). The normalized spacial score (nSPS) is 24.6. The quantitative estimate of drug-likeness (QED) is 0.709. The van der Waals surface area contributed by atoms with Crippen molar-refractivity contribution >= 4 is 5.97 Å². The molecule has 0 radical (unpaired) electrons. The SMILES string of the molecule is CCC1CN(CCC(C)(NC)C(=O)OC)CCO1. The Balaban J connectivity index is 2.45. The van der Waals surface area contributed by atoms with Crippen LogP contribution < -0.4 is 5.32 Å². The van der Waals surface area contributed by atoms with Crippen molar-refractivity contribution in [2.75, 3.05) is 40.4 Å². The van der Waals surface area contributed by atoms with Gasteiger partial charge in [0.1, 0.15) is 5.54 Å². The van der Waals surface area contributed by atoms with E-state index < -0.39 is 5.54 Å². The minimum Gasteiger partial charge on any atom is -0.468 e. The summed E-state index contributed by atoms with van der Waals surface area (Å²) in [7, 11) is 3.23. The van der Waals surface area contributed by atoms with E-state index in [1.54, 1.807) is 7.05 Å². The molecular formula is C13H26N2O3. The van der Waals surface area contributed by atoms with Gasteiger partial charge < -0.3 is 14.8 Å². The first-order valence-corrected chi connectivity index (χ1v) is 6.67. The van der Waals surface area contributed by atoms with Gasteiger partial charge in [0.25, 0.3) is 0 Å². The van der Waals surface area contributed by atoms with E-state index in [0.717, 1.165) is 39.1 Å². The first-order valence-electron chi connectivity index (χ1n) is 6.67. The van der Waals surface area contributed by atoms with Crippen molar-refractivity contribution < 1.29 is 14.3 Å². The number of carbonyl (C=O) groups excluding carboxylic acids is 1. The maximum atomic E-state index is 11.7. The molecule has 0 aromatic carbocycles. The van der Waals surface area contributed by atoms with Gasteiger partial charge in [-0.2, -0.15) is 0 Å². The van der Waals surface area contributed by atoms with Crippen LogP contribution in [0.15, 0.2) is 0 Å². The first kappa shape index (κ1) is 15.4. The fraction of sp³-hybridized carbons (Fsp3) is 0.923. The Bertz CT molecular complexity index is 273. The molecular weight excluding hydrogens is 232 g/mol. The van der Waals surface area contributed by atoms with Gasteiger partial charge in [0.15, 0.2) is 0 Å². The Morgan fingerprint density at radius 3 is 2.89 bits per heavy atom. The lowest BCUT2D eigenvalue weighted by Crippen LogP contribution is -2.51. The largest absolute Gasteiger partial charge is 0.468 e. The van der Waals surface area contributed by atoms with E-state index in [0.29, 0.717) is 6.10 Å². The Labute approximate surface area is 110 Å². The molecule has 1 heterocycles. The molecule has 0 amide bonds. The molecule has 0 saturated carbocycles. The highest BCUT2D eigenvalue weighted by Gasteiger charge is 2.33. The molecule has 106 valence electrons. The van der Waals surface area contributed by atoms with E-state index in [4.69, 9.17) is 9.47 Å². The van der Waals surface area contributed by atoms with E-state index >= 15 is 0 Å². The zero-order valence-electron chi connectivity index (χ0n) is 12.0. The minimum atomic E-state index is -0.602. The van der Waals surface area contributed by atoms with E-state index in [1.807, 2.05) is 6.92 Å². The predicted octanol–water partition coefficient (Wildman–Crippen LogP) is 0.638. The average molecular weight is 258 g/mol. The van der Waals surface area contributed by atoms with Gasteiger partial charge in [-0.25, -0.2) is 0 Å². The number of rotatable bonds is 6. The Kier molecular flexibility index (Phi) is 6.05. The summed E-state index contributed by atoms with van der Waals surface area (Å²) in [6.45, 7) is 7.59. The zero-order chi connectivity index (χ0) is 13.6. The molecule has 0 bridgehead atoms. The van der Waals surface area contributed by atoms with Crippen LogP contribution in [0.3, 0.4) is 0 Å². The summed E-state index contributed by atoms with van der Waals surface area (Å²) in [4.78, 5) is 14.1. The second-order valence-electron chi connectivity index (χ2n) is 5.03. The van der Waals surface area contributed by atoms with E-state index in [2.05, 4.69) is 17.1 Å². The van der Waals surface area contributed by atoms with E-state index in [9.17, 15) is 4.79 Å². The molecule has 1 aliphatic heterocycles. The second kappa shape index (κ2) is 7.07. The number of methoxy groups -OCH3 is 1. The number of nitrogens with one attached hydrogen (secondary N) is 1. The number of hydrogen-bond acceptors (Lipinski definition) is 5. The van der Waals surface area contributed by atoms with Crippen LogP contribution in [0.4, 0.5) is 0 Å². The van der Waals surface area contributed by atoms with E-state index in [1.165, 1.54) is 7.11 Å². The molecule has 0 aromatic heterocycles. The highest BCUT2D eigenvalue weighted by molar-refractivity contribution is 5.80. The Hall–Kier alpha value is -0.650. The van der Waals surface area contributed by atoms with Crippen LogP contribution >= 0.6 is 0 Å². The molecule has 2 unspecified atom stereocenters. The zero-order valence-corrected chi connectivity index (χ0v) is 12.0. The van der Waals surface area contributed by atoms with Gasteiger partial charge in [-0.3, -0.25) is 9.69 Å². The maximum Gasteiger partial charge on any atom is 0.325 e. The summed E-state index contributed by atoms with van der Waals surface area (Å²) >= 11 is 0. The van der Waals surface area contributed by atoms with Crippen molar-refractivity contribution in [1.82, 2.24) is 10.2 Å². The topological polar surface area (TPSA) is 50.8 Å². The maximum absolute atomic E-state index is 11.7. The summed E-state index contributed by atoms with van der Waals surface area (Å²) in [5.74, 6) is -0.203. The number of hydrogen-bond donors (Lipinski definition) is 1. The molecule has 0 spiro atoms. The lowest BCUT2D eigenvalue weighted by molar-refractivity contribution is -0.148. The lowest BCUT2D eigenvalue weighted by atomic mass is 9.97. The van der Waals surface area contributed by atoms with Crippen molar-refractivity contribution in [3.05, 3.63) is 0 Å². The van der Waals surface area contributed by atoms with Crippen LogP contribution in [-0.2, 0) is 14.3 Å². The third-order valence-corrected chi connectivity index (χ3v) is 3.79. The van der Waals surface area contributed by atoms with Crippen LogP contribution in [0.25, 0.3) is 0 Å². The van der Waals surface area contributed by atoms with Crippen LogP contribution in [0.1, 0.15) is 26.7 Å². The third-order valence-electron chi connectivity index (χ3n) is 3.79. The number of likely N-dealkylation sites (N-methyl/N-ethyl adjacent to an activating group) is 1. The summed E-state index contributed by atoms with van der Waals surface area (Å²) in [5, 5.41) is 3.06. The van der Waals surface area contributed by atoms with Gasteiger partial charge in [0.05, 0.1) is 19.8 Å². The number of morpholine rings is 1. The summed E-state index contributed by atoms with van der Waals surface area (Å²) < 4.78 is 10.5. The van der Waals surface area contributed by atoms with Crippen molar-refractivity contribution in [3.8, 4) is 0 Å². The van der Waals surface area contributed by atoms with Crippen LogP contribution in [0, 0.1) is 0 Å². The average Bonchev–Trinajstić information content (AvgIpc) is 2.44. The van der Waals surface area contributed by atoms with Gasteiger partial charge in [-0.15, -0.1) is 0 Å². The molecule has 1 saturated heterocycles. The standard InChI is InChI=1S/C13H26N2O3/c1-5-11-10-15(8-9-18-11)7-6-13(2,14-3)12(16)17-4/h11,14H,5-10H2,1-4H3. The van der Waals surface area contributed by atoms with Gasteiger partial charge >= 0.3 is 5.97 Å². The summed E-state index contributed by atoms with van der Waals surface area (Å²) in [5.41, 5.74) is -0.602. The van der Waals surface area contributed by atoms with Gasteiger partial charge in [0, 0.05) is 19.6 Å². The molecule has 5 nitrogen and oxygen atoms in total. The van der Waals surface area contributed by atoms with Crippen molar-refractivity contribution in [3.63, 3.8) is 0 Å². The fourth-order valence-corrected chi connectivity index (χ4v) is 2.17. The smallest absolute Gasteiger partial charge is 0.325 e. The molecule has 18 heavy (non-hydrogen) atoms. The minimum absolute atomic E-state index is 0.203. The van der Waals surface area contributed by atoms with Gasteiger partial charge in [-0.05, 0) is 26.8 Å². The molecule has 0 aromatic rings. The highest BCUT2D eigenvalue weighted by atomic mass is 16.5. The van der Waals surface area contributed by atoms with Gasteiger partial charge in [0.2, 0.25) is 0 Å². The molecule has 0 aliphatic carbocycles. The van der Waals surface area contributed by atoms with E-state index in [-0.39, 0.29) is 5.97 Å². The number of ether oxygens (including phenoxy) is 2. The Morgan fingerprint density at radius 2 is 2.33 bits per heavy atom. The van der Waals surface area contributed by atoms with Gasteiger partial charge in [-0.1, -0.05) is 6.92 Å². The molecule has 1 aliphatic rings. The van der Waals surface area contributed by atoms with Crippen molar-refractivity contribution in [1.29, 1.82) is 0 Å². The highest BCUT2D eigenvalue weighted by Crippen LogP contribution is 2.15. The summed E-state index contributed by atoms with van der Waals surface area (Å²) in [6.07, 6.45) is 2.11. The molecule has 1 fully saturated rings. The van der Waals surface area contributed by atoms with Crippen LogP contribution in [0.2, 0.25) is 0 Å². The molecule has 2 atom stereocenters. The number of carbonyl (C=O) groups is 1. The second-order valence-corrected chi connectivity index (χ2v) is 5.03. The van der Waals surface area contributed by atoms with Crippen molar-refractivity contribution in [2.45, 2.75) is 38.3 Å². The number of esters is 1. The van der Waals surface area contributed by atoms with Crippen LogP contribution in [-0.4, -0.2) is 62.9 Å². The molecule has 5 heteroatoms. The molecule has 1 N–H and O–H groups in total. The monoisotopic (exact) mass is 258 g/mol. The lowest BCUT2D eigenvalue weighted by Gasteiger charge is -2.35. The number of nitrogens with zero attached hydrogens (tertiary/aromatic N) is 1. The fourth-order valence-electron chi connectivity index (χ4n) is 2.17. The Morgan fingerprint density at radius 1 is 1.61 bits per heavy atom. The summed E-state index contributed by atoms with van der Waals surface area (Å²) in [6, 6.07) is 0.